The molecular weight excluding hydrogens is 320 g/mol. The highest BCUT2D eigenvalue weighted by molar-refractivity contribution is 7.90. The zero-order chi connectivity index (χ0) is 16.4. The molecule has 1 aromatic rings. The predicted octanol–water partition coefficient (Wildman–Crippen LogP) is 3.54. The molecule has 0 spiro atoms. The van der Waals surface area contributed by atoms with Gasteiger partial charge in [-0.1, -0.05) is 29.8 Å². The number of hydrogen-bond acceptors (Lipinski definition) is 3. The van der Waals surface area contributed by atoms with Crippen molar-refractivity contribution >= 4 is 23.0 Å². The zero-order valence-electron chi connectivity index (χ0n) is 12.4. The Morgan fingerprint density at radius 3 is 2.43 bits per heavy atom. The van der Waals surface area contributed by atoms with E-state index in [1.165, 1.54) is 12.1 Å². The Balaban J connectivity index is 3.07. The van der Waals surface area contributed by atoms with Crippen molar-refractivity contribution in [3.05, 3.63) is 34.3 Å². The quantitative estimate of drug-likeness (QED) is 0.807. The van der Waals surface area contributed by atoms with E-state index in [9.17, 15) is 13.3 Å². The largest absolute Gasteiger partial charge is 0.598 e. The van der Waals surface area contributed by atoms with E-state index in [0.29, 0.717) is 5.56 Å². The van der Waals surface area contributed by atoms with E-state index >= 15 is 0 Å². The lowest BCUT2D eigenvalue weighted by Crippen LogP contribution is -2.40. The molecule has 1 unspecified atom stereocenters. The van der Waals surface area contributed by atoms with Crippen molar-refractivity contribution in [1.29, 1.82) is 0 Å². The van der Waals surface area contributed by atoms with Crippen LogP contribution in [0.1, 0.15) is 44.9 Å². The lowest BCUT2D eigenvalue weighted by molar-refractivity contribution is -0.0555. The standard InChI is InChI=1S/C14H20ClF2NO2S/c1-9(18-21(20)13(2,3)4)10-6-5-7-11(12(10)15)14(16,17)8-19/h5-7,9,18-19H,8H2,1-4H3/t9-,21?/m1/s1. The van der Waals surface area contributed by atoms with Gasteiger partial charge in [-0.3, -0.25) is 0 Å². The molecule has 0 saturated heterocycles. The average Bonchev–Trinajstić information content (AvgIpc) is 2.37. The summed E-state index contributed by atoms with van der Waals surface area (Å²) in [5, 5.41) is 8.66. The van der Waals surface area contributed by atoms with Crippen LogP contribution < -0.4 is 4.72 Å². The van der Waals surface area contributed by atoms with E-state index in [1.54, 1.807) is 33.8 Å². The minimum atomic E-state index is -3.41. The molecular formula is C14H20ClF2NO2S. The van der Waals surface area contributed by atoms with Crippen LogP contribution in [0.3, 0.4) is 0 Å². The van der Waals surface area contributed by atoms with E-state index in [-0.39, 0.29) is 5.02 Å². The van der Waals surface area contributed by atoms with E-state index in [4.69, 9.17) is 16.7 Å². The first-order valence-electron chi connectivity index (χ1n) is 6.46. The molecule has 2 N–H and O–H groups in total. The number of benzene rings is 1. The summed E-state index contributed by atoms with van der Waals surface area (Å²) in [6.45, 7) is 5.81. The minimum absolute atomic E-state index is 0.123. The number of nitrogens with one attached hydrogen (secondary N) is 1. The molecule has 7 heteroatoms. The second kappa shape index (κ2) is 6.79. The van der Waals surface area contributed by atoms with Crippen LogP contribution in [0.15, 0.2) is 18.2 Å². The van der Waals surface area contributed by atoms with Gasteiger partial charge < -0.3 is 9.66 Å². The van der Waals surface area contributed by atoms with Crippen molar-refractivity contribution in [1.82, 2.24) is 4.72 Å². The number of halogens is 3. The Bertz CT molecular complexity index is 494. The van der Waals surface area contributed by atoms with Gasteiger partial charge in [0.2, 0.25) is 0 Å². The van der Waals surface area contributed by atoms with E-state index in [0.717, 1.165) is 0 Å². The highest BCUT2D eigenvalue weighted by atomic mass is 35.5. The molecule has 0 aliphatic carbocycles. The molecule has 3 nitrogen and oxygen atoms in total. The third kappa shape index (κ3) is 4.53. The van der Waals surface area contributed by atoms with Crippen LogP contribution in [-0.4, -0.2) is 21.0 Å². The summed E-state index contributed by atoms with van der Waals surface area (Å²) in [4.78, 5) is 0. The smallest absolute Gasteiger partial charge is 0.297 e. The third-order valence-corrected chi connectivity index (χ3v) is 5.03. The Morgan fingerprint density at radius 1 is 1.38 bits per heavy atom. The SMILES string of the molecule is C[C@@H](N[S+]([O-])C(C)(C)C)c1cccc(C(F)(F)CO)c1Cl. The molecule has 0 aliphatic heterocycles. The number of aliphatic hydroxyl groups is 1. The van der Waals surface area contributed by atoms with Gasteiger partial charge in [0.15, 0.2) is 0 Å². The second-order valence-corrected chi connectivity index (χ2v) is 8.17. The fourth-order valence-electron chi connectivity index (χ4n) is 1.65. The number of rotatable bonds is 5. The molecule has 21 heavy (non-hydrogen) atoms. The molecule has 0 saturated carbocycles. The van der Waals surface area contributed by atoms with Crippen molar-refractivity contribution < 1.29 is 18.4 Å². The molecule has 0 radical (unpaired) electrons. The molecule has 0 fully saturated rings. The Hall–Kier alpha value is -0.400. The van der Waals surface area contributed by atoms with Crippen molar-refractivity contribution in [2.24, 2.45) is 0 Å². The van der Waals surface area contributed by atoms with Crippen LogP contribution in [0.25, 0.3) is 0 Å². The average molecular weight is 340 g/mol. The van der Waals surface area contributed by atoms with E-state index in [2.05, 4.69) is 4.72 Å². The molecule has 0 aromatic heterocycles. The highest BCUT2D eigenvalue weighted by Gasteiger charge is 2.35. The van der Waals surface area contributed by atoms with Crippen LogP contribution in [0, 0.1) is 0 Å². The van der Waals surface area contributed by atoms with Gasteiger partial charge in [0, 0.05) is 16.9 Å². The summed E-state index contributed by atoms with van der Waals surface area (Å²) in [5.74, 6) is -3.41. The van der Waals surface area contributed by atoms with Crippen molar-refractivity contribution in [3.63, 3.8) is 0 Å². The monoisotopic (exact) mass is 339 g/mol. The summed E-state index contributed by atoms with van der Waals surface area (Å²) >= 11 is 4.68. The maximum atomic E-state index is 13.6. The van der Waals surface area contributed by atoms with Gasteiger partial charge in [0.1, 0.15) is 11.4 Å². The molecule has 1 rings (SSSR count). The fourth-order valence-corrected chi connectivity index (χ4v) is 2.88. The number of hydrogen-bond donors (Lipinski definition) is 2. The highest BCUT2D eigenvalue weighted by Crippen LogP contribution is 2.37. The maximum Gasteiger partial charge on any atom is 0.297 e. The number of alkyl halides is 2. The van der Waals surface area contributed by atoms with Gasteiger partial charge in [0.05, 0.1) is 11.1 Å². The first-order valence-corrected chi connectivity index (χ1v) is 7.99. The summed E-state index contributed by atoms with van der Waals surface area (Å²) in [6.07, 6.45) is 0. The Labute approximate surface area is 132 Å². The number of aliphatic hydroxyl groups excluding tert-OH is 1. The molecule has 1 aromatic carbocycles. The van der Waals surface area contributed by atoms with Crippen molar-refractivity contribution in [2.75, 3.05) is 6.61 Å². The molecule has 0 bridgehead atoms. The minimum Gasteiger partial charge on any atom is -0.598 e. The molecule has 2 atom stereocenters. The van der Waals surface area contributed by atoms with Crippen molar-refractivity contribution in [3.8, 4) is 0 Å². The van der Waals surface area contributed by atoms with E-state index in [1.807, 2.05) is 0 Å². The van der Waals surface area contributed by atoms with Crippen LogP contribution in [-0.2, 0) is 17.3 Å². The Morgan fingerprint density at radius 2 is 1.95 bits per heavy atom. The lowest BCUT2D eigenvalue weighted by atomic mass is 10.0. The topological polar surface area (TPSA) is 55.3 Å². The molecule has 0 amide bonds. The van der Waals surface area contributed by atoms with Crippen LogP contribution in [0.4, 0.5) is 8.78 Å². The normalized spacial score (nSPS) is 15.9. The molecule has 0 heterocycles. The van der Waals surface area contributed by atoms with Crippen molar-refractivity contribution in [2.45, 2.75) is 44.4 Å². The summed E-state index contributed by atoms with van der Waals surface area (Å²) in [5.41, 5.74) is -0.0146. The fraction of sp³-hybridized carbons (Fsp3) is 0.571. The first-order chi connectivity index (χ1) is 9.50. The Kier molecular flexibility index (Phi) is 6.03. The van der Waals surface area contributed by atoms with Gasteiger partial charge in [-0.05, 0) is 33.3 Å². The first kappa shape index (κ1) is 18.6. The summed E-state index contributed by atoms with van der Waals surface area (Å²) in [6, 6.07) is 3.75. The second-order valence-electron chi connectivity index (χ2n) is 5.79. The van der Waals surface area contributed by atoms with E-state index < -0.39 is 40.2 Å². The van der Waals surface area contributed by atoms with Gasteiger partial charge >= 0.3 is 0 Å². The molecule has 0 aliphatic rings. The van der Waals surface area contributed by atoms with Crippen LogP contribution >= 0.6 is 11.6 Å². The third-order valence-electron chi connectivity index (χ3n) is 2.93. The van der Waals surface area contributed by atoms with Gasteiger partial charge in [-0.25, -0.2) is 0 Å². The predicted molar refractivity (Wildman–Crippen MR) is 81.9 cm³/mol. The van der Waals surface area contributed by atoms with Gasteiger partial charge in [0.25, 0.3) is 5.92 Å². The lowest BCUT2D eigenvalue weighted by Gasteiger charge is -2.27. The molecule has 120 valence electrons. The van der Waals surface area contributed by atoms with Crippen LogP contribution in [0.2, 0.25) is 5.02 Å². The zero-order valence-corrected chi connectivity index (χ0v) is 14.0. The summed E-state index contributed by atoms with van der Waals surface area (Å²) < 4.78 is 41.7. The maximum absolute atomic E-state index is 13.6. The van der Waals surface area contributed by atoms with Gasteiger partial charge in [-0.15, -0.1) is 4.72 Å². The summed E-state index contributed by atoms with van der Waals surface area (Å²) in [7, 11) is 0. The van der Waals surface area contributed by atoms with Crippen LogP contribution in [0.5, 0.6) is 0 Å². The van der Waals surface area contributed by atoms with Gasteiger partial charge in [-0.2, -0.15) is 8.78 Å².